The Morgan fingerprint density at radius 2 is 1.33 bits per heavy atom. The minimum absolute atomic E-state index is 0.0188. The highest BCUT2D eigenvalue weighted by Crippen LogP contribution is 2.33. The molecular weight excluding hydrogens is 526 g/mol. The van der Waals surface area contributed by atoms with Crippen molar-refractivity contribution in [3.05, 3.63) is 77.4 Å². The normalized spacial score (nSPS) is 13.5. The third kappa shape index (κ3) is 7.16. The van der Waals surface area contributed by atoms with E-state index in [1.54, 1.807) is 13.2 Å². The van der Waals surface area contributed by atoms with Gasteiger partial charge in [-0.3, -0.25) is 4.79 Å². The summed E-state index contributed by atoms with van der Waals surface area (Å²) in [4.78, 5) is 31.2. The number of methoxy groups -OCH3 is 1. The molecule has 1 saturated heterocycles. The average Bonchev–Trinajstić information content (AvgIpc) is 2.96. The van der Waals surface area contributed by atoms with Crippen molar-refractivity contribution in [3.8, 4) is 5.75 Å². The van der Waals surface area contributed by atoms with Gasteiger partial charge in [0.15, 0.2) is 0 Å². The molecule has 0 bridgehead atoms. The number of piperazine rings is 1. The lowest BCUT2D eigenvalue weighted by atomic mass is 9.93. The molecule has 0 unspecified atom stereocenters. The number of urea groups is 1. The molecule has 42 heavy (non-hydrogen) atoms. The number of nitrogens with one attached hydrogen (secondary N) is 3. The summed E-state index contributed by atoms with van der Waals surface area (Å²) in [6, 6.07) is 19.4. The number of para-hydroxylation sites is 3. The van der Waals surface area contributed by atoms with Crippen molar-refractivity contribution < 1.29 is 14.3 Å². The van der Waals surface area contributed by atoms with Crippen LogP contribution in [0.15, 0.2) is 60.7 Å². The lowest BCUT2D eigenvalue weighted by Gasteiger charge is -2.38. The third-order valence-corrected chi connectivity index (χ3v) is 7.58. The highest BCUT2D eigenvalue weighted by Gasteiger charge is 2.24. The zero-order valence-electron chi connectivity index (χ0n) is 26.0. The van der Waals surface area contributed by atoms with Crippen molar-refractivity contribution in [2.24, 2.45) is 0 Å². The van der Waals surface area contributed by atoms with Crippen molar-refractivity contribution in [1.29, 1.82) is 0 Å². The van der Waals surface area contributed by atoms with Gasteiger partial charge in [-0.25, -0.2) is 4.79 Å². The van der Waals surface area contributed by atoms with Gasteiger partial charge in [-0.05, 0) is 67.1 Å². The molecule has 3 N–H and O–H groups in total. The van der Waals surface area contributed by atoms with Crippen LogP contribution in [0, 0.1) is 0 Å². The molecule has 0 aromatic heterocycles. The fourth-order valence-corrected chi connectivity index (χ4v) is 5.46. The number of carbonyl (C=O) groups is 2. The molecule has 8 nitrogen and oxygen atoms in total. The fourth-order valence-electron chi connectivity index (χ4n) is 5.46. The Morgan fingerprint density at radius 1 is 0.738 bits per heavy atom. The molecule has 1 heterocycles. The molecule has 0 saturated carbocycles. The van der Waals surface area contributed by atoms with Gasteiger partial charge < -0.3 is 30.5 Å². The van der Waals surface area contributed by atoms with Crippen LogP contribution in [0.1, 0.15) is 74.9 Å². The molecule has 0 spiro atoms. The van der Waals surface area contributed by atoms with Gasteiger partial charge in [-0.1, -0.05) is 58.0 Å². The fraction of sp³-hybridized carbons (Fsp3) is 0.412. The Labute approximate surface area is 250 Å². The summed E-state index contributed by atoms with van der Waals surface area (Å²) < 4.78 is 5.57. The summed E-state index contributed by atoms with van der Waals surface area (Å²) >= 11 is 0. The summed E-state index contributed by atoms with van der Waals surface area (Å²) in [7, 11) is 1.69. The molecule has 1 aliphatic rings. The lowest BCUT2D eigenvalue weighted by molar-refractivity contribution is 0.0943. The quantitative estimate of drug-likeness (QED) is 0.256. The molecule has 0 aliphatic carbocycles. The van der Waals surface area contributed by atoms with Gasteiger partial charge in [0.2, 0.25) is 0 Å². The summed E-state index contributed by atoms with van der Waals surface area (Å²) in [6.07, 6.45) is 0. The van der Waals surface area contributed by atoms with Crippen LogP contribution in [0.4, 0.5) is 27.5 Å². The summed E-state index contributed by atoms with van der Waals surface area (Å²) in [6.45, 7) is 15.5. The largest absolute Gasteiger partial charge is 0.495 e. The minimum Gasteiger partial charge on any atom is -0.495 e. The molecular formula is C34H45N5O3. The number of benzene rings is 3. The first kappa shape index (κ1) is 30.8. The van der Waals surface area contributed by atoms with Crippen molar-refractivity contribution in [2.45, 2.75) is 59.4 Å². The Morgan fingerprint density at radius 3 is 1.90 bits per heavy atom. The van der Waals surface area contributed by atoms with Gasteiger partial charge in [0.25, 0.3) is 5.91 Å². The molecule has 8 heteroatoms. The Hall–Kier alpha value is -4.20. The van der Waals surface area contributed by atoms with E-state index in [4.69, 9.17) is 4.74 Å². The van der Waals surface area contributed by atoms with Crippen LogP contribution in [0.2, 0.25) is 0 Å². The first-order valence-corrected chi connectivity index (χ1v) is 14.9. The van der Waals surface area contributed by atoms with Gasteiger partial charge in [-0.2, -0.15) is 0 Å². The molecule has 3 amide bonds. The number of carbonyl (C=O) groups excluding carboxylic acids is 2. The van der Waals surface area contributed by atoms with Crippen LogP contribution in [0.25, 0.3) is 0 Å². The van der Waals surface area contributed by atoms with E-state index in [1.807, 2.05) is 50.2 Å². The molecule has 0 radical (unpaired) electrons. The van der Waals surface area contributed by atoms with E-state index in [2.05, 4.69) is 71.6 Å². The second kappa shape index (κ2) is 13.6. The molecule has 3 aromatic carbocycles. The summed E-state index contributed by atoms with van der Waals surface area (Å²) in [5.41, 5.74) is 6.06. The van der Waals surface area contributed by atoms with E-state index in [-0.39, 0.29) is 29.8 Å². The third-order valence-electron chi connectivity index (χ3n) is 7.58. The number of ether oxygens (including phenoxy) is 1. The minimum atomic E-state index is -0.335. The first-order valence-electron chi connectivity index (χ1n) is 14.9. The van der Waals surface area contributed by atoms with Crippen molar-refractivity contribution in [1.82, 2.24) is 5.32 Å². The van der Waals surface area contributed by atoms with Crippen LogP contribution in [0.5, 0.6) is 5.75 Å². The Bertz CT molecular complexity index is 1370. The number of anilines is 4. The van der Waals surface area contributed by atoms with Gasteiger partial charge in [0.1, 0.15) is 5.75 Å². The number of hydrogen-bond acceptors (Lipinski definition) is 5. The average molecular weight is 572 g/mol. The van der Waals surface area contributed by atoms with Gasteiger partial charge in [-0.15, -0.1) is 0 Å². The predicted octanol–water partition coefficient (Wildman–Crippen LogP) is 7.05. The summed E-state index contributed by atoms with van der Waals surface area (Å²) in [5, 5.41) is 9.10. The van der Waals surface area contributed by atoms with Crippen molar-refractivity contribution in [3.63, 3.8) is 0 Å². The van der Waals surface area contributed by atoms with Crippen LogP contribution in [-0.2, 0) is 0 Å². The maximum atomic E-state index is 13.4. The molecule has 4 rings (SSSR count). The van der Waals surface area contributed by atoms with Gasteiger partial charge >= 0.3 is 6.03 Å². The van der Waals surface area contributed by atoms with Crippen molar-refractivity contribution >= 4 is 34.7 Å². The molecule has 0 atom stereocenters. The first-order chi connectivity index (χ1) is 20.1. The zero-order valence-corrected chi connectivity index (χ0v) is 26.0. The second-order valence-electron chi connectivity index (χ2n) is 11.7. The number of nitrogens with zero attached hydrogens (tertiary/aromatic N) is 2. The van der Waals surface area contributed by atoms with E-state index in [0.717, 1.165) is 60.1 Å². The van der Waals surface area contributed by atoms with E-state index in [0.29, 0.717) is 11.3 Å². The van der Waals surface area contributed by atoms with E-state index < -0.39 is 0 Å². The highest BCUT2D eigenvalue weighted by molar-refractivity contribution is 6.04. The SMILES string of the molecule is COc1ccccc1N1CCN(c2ccc(NC(=O)Nc3c(C(C)C)cccc3C(C)C)cc2C(=O)NC(C)C)CC1. The zero-order chi connectivity index (χ0) is 30.4. The maximum absolute atomic E-state index is 13.4. The highest BCUT2D eigenvalue weighted by atomic mass is 16.5. The van der Waals surface area contributed by atoms with E-state index in [9.17, 15) is 9.59 Å². The lowest BCUT2D eigenvalue weighted by Crippen LogP contribution is -2.47. The maximum Gasteiger partial charge on any atom is 0.323 e. The van der Waals surface area contributed by atoms with Crippen LogP contribution >= 0.6 is 0 Å². The Balaban J connectivity index is 1.55. The predicted molar refractivity (Wildman–Crippen MR) is 174 cm³/mol. The number of rotatable bonds is 9. The van der Waals surface area contributed by atoms with Crippen LogP contribution in [-0.4, -0.2) is 51.3 Å². The number of hydrogen-bond donors (Lipinski definition) is 3. The van der Waals surface area contributed by atoms with E-state index >= 15 is 0 Å². The number of amides is 3. The molecule has 224 valence electrons. The topological polar surface area (TPSA) is 85.9 Å². The van der Waals surface area contributed by atoms with Gasteiger partial charge in [0.05, 0.1) is 18.4 Å². The van der Waals surface area contributed by atoms with Gasteiger partial charge in [0, 0.05) is 49.3 Å². The van der Waals surface area contributed by atoms with Crippen LogP contribution < -0.4 is 30.5 Å². The molecule has 1 fully saturated rings. The van der Waals surface area contributed by atoms with E-state index in [1.165, 1.54) is 0 Å². The second-order valence-corrected chi connectivity index (χ2v) is 11.7. The van der Waals surface area contributed by atoms with Crippen molar-refractivity contribution in [2.75, 3.05) is 53.7 Å². The Kier molecular flexibility index (Phi) is 9.99. The molecule has 1 aliphatic heterocycles. The summed E-state index contributed by atoms with van der Waals surface area (Å²) in [5.74, 6) is 1.21. The smallest absolute Gasteiger partial charge is 0.323 e. The standard InChI is InChI=1S/C34H45N5O3/c1-22(2)26-11-10-12-27(23(3)4)32(26)37-34(41)36-25-15-16-29(28(21-25)33(40)35-24(5)6)38-17-19-39(20-18-38)30-13-8-9-14-31(30)42-7/h8-16,21-24H,17-20H2,1-7H3,(H,35,40)(H2,36,37,41). The van der Waals surface area contributed by atoms with Crippen LogP contribution in [0.3, 0.4) is 0 Å². The monoisotopic (exact) mass is 571 g/mol. The molecule has 3 aromatic rings.